The number of nitrogens with one attached hydrogen (secondary N) is 1. The normalized spacial score (nSPS) is 29.4. The standard InChI is InChI=1S/C21H22F2N4O4/c1-19(31-8-16(22)23)7-14(25-9-19)17(28)26-12-2-3-15-13(6-12)21(11-30-18(24)27-21)20(4-5-20)10-29-15/h2-3,6-7,9,16H,4-5,8,10-11H2,1H3,(H2,24,27)(H,26,28). The van der Waals surface area contributed by atoms with Gasteiger partial charge in [0.25, 0.3) is 18.4 Å². The van der Waals surface area contributed by atoms with Crippen molar-refractivity contribution >= 4 is 23.8 Å². The lowest BCUT2D eigenvalue weighted by Gasteiger charge is -2.39. The number of amidine groups is 1. The van der Waals surface area contributed by atoms with Crippen LogP contribution in [-0.2, 0) is 19.8 Å². The lowest BCUT2D eigenvalue weighted by Crippen LogP contribution is -2.44. The zero-order chi connectivity index (χ0) is 21.9. The summed E-state index contributed by atoms with van der Waals surface area (Å²) in [4.78, 5) is 21.4. The van der Waals surface area contributed by atoms with Crippen LogP contribution in [0.1, 0.15) is 25.3 Å². The number of benzene rings is 1. The Labute approximate surface area is 177 Å². The van der Waals surface area contributed by atoms with Crippen LogP contribution in [0.25, 0.3) is 0 Å². The number of carbonyl (C=O) groups excluding carboxylic acids is 1. The van der Waals surface area contributed by atoms with E-state index >= 15 is 0 Å². The second kappa shape index (κ2) is 6.74. The fourth-order valence-electron chi connectivity index (χ4n) is 4.41. The molecule has 1 aromatic carbocycles. The van der Waals surface area contributed by atoms with Crippen molar-refractivity contribution < 1.29 is 27.8 Å². The first kappa shape index (κ1) is 19.9. The molecule has 164 valence electrons. The fourth-order valence-corrected chi connectivity index (χ4v) is 4.41. The first-order valence-corrected chi connectivity index (χ1v) is 10.0. The first-order chi connectivity index (χ1) is 14.7. The molecule has 4 aliphatic rings. The molecular formula is C21H22F2N4O4. The first-order valence-electron chi connectivity index (χ1n) is 10.0. The zero-order valence-electron chi connectivity index (χ0n) is 16.9. The lowest BCUT2D eigenvalue weighted by atomic mass is 9.74. The number of rotatable bonds is 5. The van der Waals surface area contributed by atoms with Crippen LogP contribution in [0.3, 0.4) is 0 Å². The number of aliphatic imine (C=N–C) groups is 2. The van der Waals surface area contributed by atoms with E-state index in [1.54, 1.807) is 19.1 Å². The van der Waals surface area contributed by atoms with E-state index in [-0.39, 0.29) is 17.1 Å². The van der Waals surface area contributed by atoms with Crippen molar-refractivity contribution in [2.45, 2.75) is 37.3 Å². The summed E-state index contributed by atoms with van der Waals surface area (Å²) >= 11 is 0. The Morgan fingerprint density at radius 1 is 1.32 bits per heavy atom. The Morgan fingerprint density at radius 3 is 2.81 bits per heavy atom. The van der Waals surface area contributed by atoms with Crippen LogP contribution in [0.15, 0.2) is 40.0 Å². The fraction of sp³-hybridized carbons (Fsp3) is 0.476. The predicted molar refractivity (Wildman–Crippen MR) is 108 cm³/mol. The van der Waals surface area contributed by atoms with Gasteiger partial charge in [0, 0.05) is 22.9 Å². The number of hydrogen-bond donors (Lipinski definition) is 2. The third-order valence-electron chi connectivity index (χ3n) is 6.28. The SMILES string of the molecule is CC1(OCC(F)F)C=NC(C(=O)Nc2ccc3c(c2)C2(COC(N)=N2)C2(CC2)CO3)=C1. The van der Waals surface area contributed by atoms with Crippen LogP contribution in [0.2, 0.25) is 0 Å². The molecule has 0 radical (unpaired) electrons. The van der Waals surface area contributed by atoms with Gasteiger partial charge in [-0.15, -0.1) is 0 Å². The molecule has 31 heavy (non-hydrogen) atoms. The summed E-state index contributed by atoms with van der Waals surface area (Å²) in [5.41, 5.74) is 5.37. The minimum absolute atomic E-state index is 0.0885. The zero-order valence-corrected chi connectivity index (χ0v) is 16.9. The Kier molecular flexibility index (Phi) is 4.34. The third kappa shape index (κ3) is 3.25. The number of hydrogen-bond acceptors (Lipinski definition) is 7. The minimum atomic E-state index is -2.60. The van der Waals surface area contributed by atoms with Gasteiger partial charge in [-0.3, -0.25) is 9.79 Å². The molecule has 3 heterocycles. The average Bonchev–Trinajstić information content (AvgIpc) is 3.25. The second-order valence-corrected chi connectivity index (χ2v) is 8.51. The Hall–Kier alpha value is -3.01. The molecule has 5 rings (SSSR count). The summed E-state index contributed by atoms with van der Waals surface area (Å²) in [6.07, 6.45) is 2.07. The molecule has 1 fully saturated rings. The predicted octanol–water partition coefficient (Wildman–Crippen LogP) is 2.35. The van der Waals surface area contributed by atoms with Crippen LogP contribution in [0.4, 0.5) is 14.5 Å². The van der Waals surface area contributed by atoms with Crippen molar-refractivity contribution in [3.05, 3.63) is 35.5 Å². The summed E-state index contributed by atoms with van der Waals surface area (Å²) in [5, 5.41) is 2.80. The molecule has 1 aromatic rings. The van der Waals surface area contributed by atoms with E-state index in [1.807, 2.05) is 6.07 Å². The molecule has 2 atom stereocenters. The highest BCUT2D eigenvalue weighted by Gasteiger charge is 2.66. The van der Waals surface area contributed by atoms with Gasteiger partial charge in [0.2, 0.25) is 0 Å². The van der Waals surface area contributed by atoms with Crippen molar-refractivity contribution in [3.8, 4) is 5.75 Å². The summed E-state index contributed by atoms with van der Waals surface area (Å²) in [6, 6.07) is 5.49. The molecule has 8 nitrogen and oxygen atoms in total. The summed E-state index contributed by atoms with van der Waals surface area (Å²) in [7, 11) is 0. The van der Waals surface area contributed by atoms with Gasteiger partial charge in [0.05, 0.1) is 6.61 Å². The highest BCUT2D eigenvalue weighted by atomic mass is 19.3. The average molecular weight is 432 g/mol. The Morgan fingerprint density at radius 2 is 2.13 bits per heavy atom. The number of anilines is 1. The molecule has 3 aliphatic heterocycles. The number of nitrogens with zero attached hydrogens (tertiary/aromatic N) is 2. The van der Waals surface area contributed by atoms with Gasteiger partial charge in [-0.2, -0.15) is 0 Å². The van der Waals surface area contributed by atoms with Crippen LogP contribution in [-0.4, -0.2) is 50.0 Å². The molecule has 0 saturated heterocycles. The largest absolute Gasteiger partial charge is 0.493 e. The third-order valence-corrected chi connectivity index (χ3v) is 6.28. The topological polar surface area (TPSA) is 108 Å². The highest BCUT2D eigenvalue weighted by molar-refractivity contribution is 6.06. The quantitative estimate of drug-likeness (QED) is 0.743. The van der Waals surface area contributed by atoms with Gasteiger partial charge in [-0.1, -0.05) is 0 Å². The number of halogens is 2. The summed E-state index contributed by atoms with van der Waals surface area (Å²) in [6.45, 7) is 1.71. The molecule has 0 aromatic heterocycles. The number of alkyl halides is 2. The molecule has 2 unspecified atom stereocenters. The maximum absolute atomic E-state index is 12.7. The van der Waals surface area contributed by atoms with Crippen LogP contribution in [0, 0.1) is 5.41 Å². The Bertz CT molecular complexity index is 1040. The number of ether oxygens (including phenoxy) is 3. The van der Waals surface area contributed by atoms with Gasteiger partial charge >= 0.3 is 0 Å². The number of amides is 1. The van der Waals surface area contributed by atoms with Crippen molar-refractivity contribution in [1.29, 1.82) is 0 Å². The number of fused-ring (bicyclic) bond motifs is 3. The highest BCUT2D eigenvalue weighted by Crippen LogP contribution is 2.65. The van der Waals surface area contributed by atoms with Gasteiger partial charge in [0.15, 0.2) is 0 Å². The van der Waals surface area contributed by atoms with E-state index in [0.717, 1.165) is 18.4 Å². The monoisotopic (exact) mass is 432 g/mol. The molecule has 1 aliphatic carbocycles. The van der Waals surface area contributed by atoms with Crippen LogP contribution in [0.5, 0.6) is 5.75 Å². The molecule has 10 heteroatoms. The maximum atomic E-state index is 12.7. The van der Waals surface area contributed by atoms with Crippen molar-refractivity contribution in [2.24, 2.45) is 21.1 Å². The number of carbonyl (C=O) groups is 1. The maximum Gasteiger partial charge on any atom is 0.283 e. The van der Waals surface area contributed by atoms with Crippen LogP contribution < -0.4 is 15.8 Å². The summed E-state index contributed by atoms with van der Waals surface area (Å²) < 4.78 is 41.5. The van der Waals surface area contributed by atoms with Crippen LogP contribution >= 0.6 is 0 Å². The molecule has 1 saturated carbocycles. The van der Waals surface area contributed by atoms with Crippen molar-refractivity contribution in [2.75, 3.05) is 25.1 Å². The van der Waals surface area contributed by atoms with E-state index < -0.39 is 30.1 Å². The van der Waals surface area contributed by atoms with E-state index in [0.29, 0.717) is 24.7 Å². The lowest BCUT2D eigenvalue weighted by molar-refractivity contribution is -0.112. The molecule has 3 N–H and O–H groups in total. The molecular weight excluding hydrogens is 410 g/mol. The van der Waals surface area contributed by atoms with Gasteiger partial charge < -0.3 is 25.3 Å². The van der Waals surface area contributed by atoms with E-state index in [4.69, 9.17) is 19.9 Å². The van der Waals surface area contributed by atoms with E-state index in [9.17, 15) is 13.6 Å². The second-order valence-electron chi connectivity index (χ2n) is 8.51. The summed E-state index contributed by atoms with van der Waals surface area (Å²) in [5.74, 6) is 0.210. The van der Waals surface area contributed by atoms with Gasteiger partial charge in [-0.25, -0.2) is 13.8 Å². The van der Waals surface area contributed by atoms with E-state index in [1.165, 1.54) is 12.3 Å². The van der Waals surface area contributed by atoms with Gasteiger partial charge in [-0.05, 0) is 44.0 Å². The minimum Gasteiger partial charge on any atom is -0.493 e. The van der Waals surface area contributed by atoms with E-state index in [2.05, 4.69) is 15.3 Å². The van der Waals surface area contributed by atoms with Crippen molar-refractivity contribution in [1.82, 2.24) is 0 Å². The van der Waals surface area contributed by atoms with Gasteiger partial charge in [0.1, 0.15) is 35.8 Å². The Balaban J connectivity index is 1.38. The molecule has 0 bridgehead atoms. The molecule has 1 amide bonds. The number of nitrogens with two attached hydrogens (primary N) is 1. The van der Waals surface area contributed by atoms with Crippen molar-refractivity contribution in [3.63, 3.8) is 0 Å². The smallest absolute Gasteiger partial charge is 0.283 e. The molecule has 2 spiro atoms.